The Balaban J connectivity index is 1.81. The minimum Gasteiger partial charge on any atom is -0.497 e. The third kappa shape index (κ3) is 6.53. The van der Waals surface area contributed by atoms with Crippen molar-refractivity contribution in [1.82, 2.24) is 15.3 Å². The molecule has 0 saturated heterocycles. The van der Waals surface area contributed by atoms with E-state index in [0.29, 0.717) is 42.0 Å². The van der Waals surface area contributed by atoms with Gasteiger partial charge in [0.1, 0.15) is 17.3 Å². The number of nitrogens with one attached hydrogen (secondary N) is 4. The molecule has 2 aromatic rings. The van der Waals surface area contributed by atoms with Gasteiger partial charge in [-0.2, -0.15) is 4.98 Å². The number of carbonyl (C=O) groups is 1. The average Bonchev–Trinajstić information content (AvgIpc) is 2.64. The van der Waals surface area contributed by atoms with Gasteiger partial charge in [-0.25, -0.2) is 9.78 Å². The summed E-state index contributed by atoms with van der Waals surface area (Å²) in [5, 5.41) is 11.8. The summed E-state index contributed by atoms with van der Waals surface area (Å²) in [6.07, 6.45) is 0. The SMILES string of the molecule is CCNc1nc(C)cc(NCCNC(=O)Nc2cc(OC)cc(OC)c2)n1. The first-order chi connectivity index (χ1) is 13.0. The van der Waals surface area contributed by atoms with Crippen molar-refractivity contribution in [2.75, 3.05) is 49.8 Å². The molecule has 0 spiro atoms. The van der Waals surface area contributed by atoms with Gasteiger partial charge in [0.2, 0.25) is 5.95 Å². The lowest BCUT2D eigenvalue weighted by Crippen LogP contribution is -2.32. The third-order valence-corrected chi connectivity index (χ3v) is 3.52. The molecule has 0 aliphatic rings. The second kappa shape index (κ2) is 10.0. The Morgan fingerprint density at radius 2 is 1.70 bits per heavy atom. The van der Waals surface area contributed by atoms with E-state index in [1.165, 1.54) is 0 Å². The highest BCUT2D eigenvalue weighted by Gasteiger charge is 2.06. The van der Waals surface area contributed by atoms with Gasteiger partial charge in [-0.1, -0.05) is 0 Å². The molecule has 9 heteroatoms. The number of hydrogen-bond donors (Lipinski definition) is 4. The van der Waals surface area contributed by atoms with E-state index in [0.717, 1.165) is 12.2 Å². The maximum Gasteiger partial charge on any atom is 0.319 e. The highest BCUT2D eigenvalue weighted by Crippen LogP contribution is 2.25. The highest BCUT2D eigenvalue weighted by atomic mass is 16.5. The Labute approximate surface area is 158 Å². The molecule has 0 aliphatic carbocycles. The van der Waals surface area contributed by atoms with Crippen molar-refractivity contribution in [2.45, 2.75) is 13.8 Å². The van der Waals surface area contributed by atoms with Crippen molar-refractivity contribution in [3.05, 3.63) is 30.0 Å². The number of methoxy groups -OCH3 is 2. The maximum atomic E-state index is 12.0. The fraction of sp³-hybridized carbons (Fsp3) is 0.389. The molecule has 2 amide bonds. The average molecular weight is 374 g/mol. The quantitative estimate of drug-likeness (QED) is 0.499. The van der Waals surface area contributed by atoms with Gasteiger partial charge in [-0.05, 0) is 13.8 Å². The number of nitrogens with zero attached hydrogens (tertiary/aromatic N) is 2. The zero-order chi connectivity index (χ0) is 19.6. The summed E-state index contributed by atoms with van der Waals surface area (Å²) < 4.78 is 10.4. The van der Waals surface area contributed by atoms with Gasteiger partial charge in [0, 0.05) is 55.3 Å². The smallest absolute Gasteiger partial charge is 0.319 e. The first-order valence-electron chi connectivity index (χ1n) is 8.65. The zero-order valence-electron chi connectivity index (χ0n) is 16.0. The van der Waals surface area contributed by atoms with Crippen LogP contribution in [-0.4, -0.2) is 49.9 Å². The van der Waals surface area contributed by atoms with Crippen LogP contribution in [0.25, 0.3) is 0 Å². The summed E-state index contributed by atoms with van der Waals surface area (Å²) in [5.41, 5.74) is 1.44. The van der Waals surface area contributed by atoms with Gasteiger partial charge >= 0.3 is 6.03 Å². The summed E-state index contributed by atoms with van der Waals surface area (Å²) in [4.78, 5) is 20.7. The minimum absolute atomic E-state index is 0.320. The van der Waals surface area contributed by atoms with E-state index in [9.17, 15) is 4.79 Å². The van der Waals surface area contributed by atoms with Crippen LogP contribution in [-0.2, 0) is 0 Å². The van der Waals surface area contributed by atoms with Crippen molar-refractivity contribution in [1.29, 1.82) is 0 Å². The van der Waals surface area contributed by atoms with Crippen LogP contribution in [0.4, 0.5) is 22.2 Å². The largest absolute Gasteiger partial charge is 0.497 e. The fourth-order valence-corrected chi connectivity index (χ4v) is 2.32. The normalized spacial score (nSPS) is 10.1. The van der Waals surface area contributed by atoms with E-state index in [1.54, 1.807) is 32.4 Å². The number of aryl methyl sites for hydroxylation is 1. The molecule has 1 aromatic carbocycles. The Kier molecular flexibility index (Phi) is 7.48. The number of anilines is 3. The molecule has 1 heterocycles. The molecule has 2 rings (SSSR count). The van der Waals surface area contributed by atoms with Crippen LogP contribution in [0.2, 0.25) is 0 Å². The predicted octanol–water partition coefficient (Wildman–Crippen LogP) is 2.47. The molecule has 4 N–H and O–H groups in total. The molecule has 0 saturated carbocycles. The molecule has 0 aliphatic heterocycles. The topological polar surface area (TPSA) is 109 Å². The minimum atomic E-state index is -0.320. The van der Waals surface area contributed by atoms with E-state index in [-0.39, 0.29) is 6.03 Å². The Hall–Kier alpha value is -3.23. The molecular formula is C18H26N6O3. The first kappa shape index (κ1) is 20.1. The monoisotopic (exact) mass is 374 g/mol. The van der Waals surface area contributed by atoms with E-state index in [2.05, 4.69) is 31.2 Å². The summed E-state index contributed by atoms with van der Waals surface area (Å²) in [5.74, 6) is 2.49. The van der Waals surface area contributed by atoms with Gasteiger partial charge in [0.15, 0.2) is 0 Å². The van der Waals surface area contributed by atoms with E-state index < -0.39 is 0 Å². The van der Waals surface area contributed by atoms with E-state index >= 15 is 0 Å². The second-order valence-electron chi connectivity index (χ2n) is 5.66. The number of amides is 2. The van der Waals surface area contributed by atoms with Crippen LogP contribution in [0.5, 0.6) is 11.5 Å². The molecule has 0 radical (unpaired) electrons. The lowest BCUT2D eigenvalue weighted by Gasteiger charge is -2.12. The standard InChI is InChI=1S/C18H26N6O3/c1-5-19-17-22-12(2)8-16(24-17)20-6-7-21-18(25)23-13-9-14(26-3)11-15(10-13)27-4/h8-11H,5-7H2,1-4H3,(H2,21,23,25)(H2,19,20,22,24). The summed E-state index contributed by atoms with van der Waals surface area (Å²) in [6, 6.07) is 6.69. The molecule has 27 heavy (non-hydrogen) atoms. The van der Waals surface area contributed by atoms with Crippen LogP contribution in [0.1, 0.15) is 12.6 Å². The molecule has 1 aromatic heterocycles. The Bertz CT molecular complexity index is 747. The van der Waals surface area contributed by atoms with Crippen LogP contribution in [0, 0.1) is 6.92 Å². The van der Waals surface area contributed by atoms with Crippen LogP contribution in [0.15, 0.2) is 24.3 Å². The number of rotatable bonds is 9. The number of ether oxygens (including phenoxy) is 2. The van der Waals surface area contributed by atoms with E-state index in [1.807, 2.05) is 19.9 Å². The Morgan fingerprint density at radius 1 is 1.00 bits per heavy atom. The van der Waals surface area contributed by atoms with Gasteiger partial charge in [0.05, 0.1) is 14.2 Å². The molecule has 0 unspecified atom stereocenters. The molecule has 146 valence electrons. The van der Waals surface area contributed by atoms with Gasteiger partial charge < -0.3 is 30.7 Å². The van der Waals surface area contributed by atoms with Crippen molar-refractivity contribution < 1.29 is 14.3 Å². The molecule has 0 fully saturated rings. The van der Waals surface area contributed by atoms with Crippen molar-refractivity contribution in [3.63, 3.8) is 0 Å². The van der Waals surface area contributed by atoms with Crippen molar-refractivity contribution >= 4 is 23.5 Å². The predicted molar refractivity (Wildman–Crippen MR) is 106 cm³/mol. The summed E-state index contributed by atoms with van der Waals surface area (Å²) in [6.45, 7) is 5.59. The number of carbonyl (C=O) groups excluding carboxylic acids is 1. The number of benzene rings is 1. The van der Waals surface area contributed by atoms with Gasteiger partial charge in [-0.15, -0.1) is 0 Å². The zero-order valence-corrected chi connectivity index (χ0v) is 16.0. The summed E-state index contributed by atoms with van der Waals surface area (Å²) in [7, 11) is 3.11. The van der Waals surface area contributed by atoms with Crippen LogP contribution < -0.4 is 30.7 Å². The highest BCUT2D eigenvalue weighted by molar-refractivity contribution is 5.89. The number of urea groups is 1. The maximum absolute atomic E-state index is 12.0. The van der Waals surface area contributed by atoms with Crippen molar-refractivity contribution in [2.24, 2.45) is 0 Å². The molecule has 0 bridgehead atoms. The van der Waals surface area contributed by atoms with Crippen LogP contribution >= 0.6 is 0 Å². The first-order valence-corrected chi connectivity index (χ1v) is 8.65. The van der Waals surface area contributed by atoms with E-state index in [4.69, 9.17) is 9.47 Å². The lowest BCUT2D eigenvalue weighted by atomic mass is 10.3. The Morgan fingerprint density at radius 3 is 2.33 bits per heavy atom. The summed E-state index contributed by atoms with van der Waals surface area (Å²) >= 11 is 0. The third-order valence-electron chi connectivity index (χ3n) is 3.52. The van der Waals surface area contributed by atoms with Crippen molar-refractivity contribution in [3.8, 4) is 11.5 Å². The van der Waals surface area contributed by atoms with Crippen LogP contribution in [0.3, 0.4) is 0 Å². The number of hydrogen-bond acceptors (Lipinski definition) is 7. The molecule has 9 nitrogen and oxygen atoms in total. The van der Waals surface area contributed by atoms with Gasteiger partial charge in [-0.3, -0.25) is 0 Å². The molecule has 0 atom stereocenters. The lowest BCUT2D eigenvalue weighted by molar-refractivity contribution is 0.252. The molecular weight excluding hydrogens is 348 g/mol. The van der Waals surface area contributed by atoms with Gasteiger partial charge in [0.25, 0.3) is 0 Å². The fourth-order valence-electron chi connectivity index (χ4n) is 2.32. The second-order valence-corrected chi connectivity index (χ2v) is 5.66. The number of aromatic nitrogens is 2.